The number of carbonyl (C=O) groups excluding carboxylic acids is 1. The number of carbonyl (C=O) groups is 1. The lowest BCUT2D eigenvalue weighted by Crippen LogP contribution is -2.62. The highest BCUT2D eigenvalue weighted by molar-refractivity contribution is 5.97. The van der Waals surface area contributed by atoms with Crippen molar-refractivity contribution in [3.8, 4) is 0 Å². The van der Waals surface area contributed by atoms with E-state index in [0.717, 1.165) is 43.5 Å². The van der Waals surface area contributed by atoms with Gasteiger partial charge in [0.2, 0.25) is 5.91 Å². The Bertz CT molecular complexity index is 755. The average Bonchev–Trinajstić information content (AvgIpc) is 2.99. The largest absolute Gasteiger partial charge is 0.387 e. The summed E-state index contributed by atoms with van der Waals surface area (Å²) >= 11 is 0. The molecule has 3 rings (SSSR count). The van der Waals surface area contributed by atoms with Gasteiger partial charge >= 0.3 is 0 Å². The number of likely N-dealkylation sites (N-methyl/N-ethyl adjacent to an activating group) is 1. The van der Waals surface area contributed by atoms with Crippen molar-refractivity contribution in [1.29, 1.82) is 0 Å². The van der Waals surface area contributed by atoms with Crippen LogP contribution in [0, 0.1) is 10.8 Å². The number of nitrogens with one attached hydrogen (secondary N) is 1. The summed E-state index contributed by atoms with van der Waals surface area (Å²) in [6.07, 6.45) is 7.12. The first kappa shape index (κ1) is 20.8. The zero-order chi connectivity index (χ0) is 20.4. The first-order valence-electron chi connectivity index (χ1n) is 10.3. The van der Waals surface area contributed by atoms with Gasteiger partial charge in [0.1, 0.15) is 0 Å². The molecule has 2 N–H and O–H groups in total. The molecule has 1 aliphatic heterocycles. The highest BCUT2D eigenvalue weighted by atomic mass is 16.3. The van der Waals surface area contributed by atoms with Crippen molar-refractivity contribution in [3.05, 3.63) is 54.6 Å². The van der Waals surface area contributed by atoms with Crippen LogP contribution in [0.15, 0.2) is 49.1 Å². The predicted octanol–water partition coefficient (Wildman–Crippen LogP) is 3.64. The van der Waals surface area contributed by atoms with Gasteiger partial charge in [0, 0.05) is 31.6 Å². The summed E-state index contributed by atoms with van der Waals surface area (Å²) in [5.41, 5.74) is 0.984. The molecule has 1 amide bonds. The van der Waals surface area contributed by atoms with Crippen LogP contribution in [0.2, 0.25) is 0 Å². The highest BCUT2D eigenvalue weighted by Crippen LogP contribution is 2.56. The number of benzene rings is 1. The van der Waals surface area contributed by atoms with Crippen molar-refractivity contribution in [3.63, 3.8) is 0 Å². The average molecular weight is 383 g/mol. The second-order valence-electron chi connectivity index (χ2n) is 9.44. The van der Waals surface area contributed by atoms with Gasteiger partial charge in [-0.05, 0) is 48.8 Å². The number of hydrogen-bond acceptors (Lipinski definition) is 3. The van der Waals surface area contributed by atoms with Gasteiger partial charge in [0.25, 0.3) is 0 Å². The van der Waals surface area contributed by atoms with Gasteiger partial charge in [-0.2, -0.15) is 0 Å². The van der Waals surface area contributed by atoms with Crippen molar-refractivity contribution >= 4 is 11.5 Å². The molecular weight excluding hydrogens is 348 g/mol. The summed E-state index contributed by atoms with van der Waals surface area (Å²) in [5.74, 6) is -0.0990. The van der Waals surface area contributed by atoms with Crippen LogP contribution in [0.3, 0.4) is 0 Å². The standard InChI is InChI=1S/C24H34N2O2/c1-5-19(20-9-7-6-8-10-20)15-21(27)26(4)18-24(28)13-14-25-17-23(24)12-11-22(2,3)16-23/h5-10,15,25,28H,1,11-14,16-18H2,2-4H3/b19-15+. The Balaban J connectivity index is 1.78. The van der Waals surface area contributed by atoms with Gasteiger partial charge in [-0.3, -0.25) is 4.79 Å². The molecule has 1 aromatic carbocycles. The van der Waals surface area contributed by atoms with Gasteiger partial charge in [-0.15, -0.1) is 0 Å². The predicted molar refractivity (Wildman–Crippen MR) is 115 cm³/mol. The van der Waals surface area contributed by atoms with Crippen LogP contribution in [-0.2, 0) is 4.79 Å². The van der Waals surface area contributed by atoms with E-state index >= 15 is 0 Å². The number of allylic oxidation sites excluding steroid dienone is 2. The Kier molecular flexibility index (Phi) is 5.83. The molecule has 1 spiro atoms. The van der Waals surface area contributed by atoms with Crippen LogP contribution in [0.1, 0.15) is 45.1 Å². The Hall–Kier alpha value is -1.91. The van der Waals surface area contributed by atoms with Crippen LogP contribution in [0.4, 0.5) is 0 Å². The van der Waals surface area contributed by atoms with Crippen LogP contribution < -0.4 is 5.32 Å². The topological polar surface area (TPSA) is 52.6 Å². The third kappa shape index (κ3) is 4.08. The molecule has 28 heavy (non-hydrogen) atoms. The summed E-state index contributed by atoms with van der Waals surface area (Å²) in [7, 11) is 1.79. The molecule has 152 valence electrons. The Labute approximate surface area is 169 Å². The highest BCUT2D eigenvalue weighted by Gasteiger charge is 2.57. The molecule has 1 heterocycles. The molecule has 2 aliphatic rings. The number of hydrogen-bond donors (Lipinski definition) is 2. The minimum Gasteiger partial charge on any atom is -0.387 e. The maximum absolute atomic E-state index is 12.9. The van der Waals surface area contributed by atoms with E-state index in [9.17, 15) is 9.90 Å². The molecule has 2 fully saturated rings. The first-order valence-corrected chi connectivity index (χ1v) is 10.3. The van der Waals surface area contributed by atoms with E-state index < -0.39 is 5.60 Å². The fraction of sp³-hybridized carbons (Fsp3) is 0.542. The van der Waals surface area contributed by atoms with Gasteiger partial charge in [0.05, 0.1) is 5.60 Å². The SMILES string of the molecule is C=C/C(=C\C(=O)N(C)CC1(O)CCNCC12CCC(C)(C)C2)c1ccccc1. The van der Waals surface area contributed by atoms with Crippen molar-refractivity contribution in [1.82, 2.24) is 10.2 Å². The number of rotatable bonds is 5. The van der Waals surface area contributed by atoms with Crippen LogP contribution in [0.5, 0.6) is 0 Å². The molecule has 4 nitrogen and oxygen atoms in total. The molecule has 0 bridgehead atoms. The molecule has 1 saturated heterocycles. The van der Waals surface area contributed by atoms with Crippen molar-refractivity contribution in [2.75, 3.05) is 26.7 Å². The maximum Gasteiger partial charge on any atom is 0.247 e. The second-order valence-corrected chi connectivity index (χ2v) is 9.44. The van der Waals surface area contributed by atoms with Gasteiger partial charge in [-0.1, -0.05) is 56.8 Å². The van der Waals surface area contributed by atoms with E-state index in [0.29, 0.717) is 13.0 Å². The van der Waals surface area contributed by atoms with E-state index in [1.54, 1.807) is 24.1 Å². The second kappa shape index (κ2) is 7.84. The Morgan fingerprint density at radius 1 is 1.25 bits per heavy atom. The van der Waals surface area contributed by atoms with E-state index in [1.165, 1.54) is 0 Å². The fourth-order valence-corrected chi connectivity index (χ4v) is 5.12. The Morgan fingerprint density at radius 2 is 1.96 bits per heavy atom. The minimum absolute atomic E-state index is 0.0990. The van der Waals surface area contributed by atoms with E-state index in [4.69, 9.17) is 0 Å². The van der Waals surface area contributed by atoms with E-state index in [2.05, 4.69) is 25.7 Å². The third-order valence-electron chi connectivity index (χ3n) is 6.74. The van der Waals surface area contributed by atoms with Gasteiger partial charge in [-0.25, -0.2) is 0 Å². The minimum atomic E-state index is -0.856. The van der Waals surface area contributed by atoms with Gasteiger partial charge < -0.3 is 15.3 Å². The van der Waals surface area contributed by atoms with E-state index in [1.807, 2.05) is 30.3 Å². The summed E-state index contributed by atoms with van der Waals surface area (Å²) < 4.78 is 0. The summed E-state index contributed by atoms with van der Waals surface area (Å²) in [5, 5.41) is 15.2. The van der Waals surface area contributed by atoms with Crippen LogP contribution in [-0.4, -0.2) is 48.2 Å². The van der Waals surface area contributed by atoms with Crippen molar-refractivity contribution < 1.29 is 9.90 Å². The lowest BCUT2D eigenvalue weighted by Gasteiger charge is -2.51. The number of piperidine rings is 1. The number of amides is 1. The smallest absolute Gasteiger partial charge is 0.247 e. The zero-order valence-electron chi connectivity index (χ0n) is 17.5. The lowest BCUT2D eigenvalue weighted by atomic mass is 9.65. The van der Waals surface area contributed by atoms with Crippen LogP contribution in [0.25, 0.3) is 5.57 Å². The molecule has 2 unspecified atom stereocenters. The molecule has 1 saturated carbocycles. The number of nitrogens with zero attached hydrogens (tertiary/aromatic N) is 1. The zero-order valence-corrected chi connectivity index (χ0v) is 17.5. The normalized spacial score (nSPS) is 29.6. The summed E-state index contributed by atoms with van der Waals surface area (Å²) in [6, 6.07) is 9.79. The van der Waals surface area contributed by atoms with Crippen molar-refractivity contribution in [2.24, 2.45) is 10.8 Å². The first-order chi connectivity index (χ1) is 13.2. The quantitative estimate of drug-likeness (QED) is 0.604. The van der Waals surface area contributed by atoms with E-state index in [-0.39, 0.29) is 16.7 Å². The fourth-order valence-electron chi connectivity index (χ4n) is 5.12. The van der Waals surface area contributed by atoms with Crippen molar-refractivity contribution in [2.45, 2.75) is 45.1 Å². The van der Waals surface area contributed by atoms with Gasteiger partial charge in [0.15, 0.2) is 0 Å². The molecular formula is C24H34N2O2. The number of aliphatic hydroxyl groups is 1. The monoisotopic (exact) mass is 382 g/mol. The molecule has 1 aromatic rings. The molecule has 1 aliphatic carbocycles. The molecule has 0 radical (unpaired) electrons. The molecule has 2 atom stereocenters. The maximum atomic E-state index is 12.9. The summed E-state index contributed by atoms with van der Waals surface area (Å²) in [4.78, 5) is 14.6. The molecule has 4 heteroatoms. The lowest BCUT2D eigenvalue weighted by molar-refractivity contribution is -0.142. The summed E-state index contributed by atoms with van der Waals surface area (Å²) in [6.45, 7) is 10.4. The van der Waals surface area contributed by atoms with Crippen LogP contribution >= 0.6 is 0 Å². The third-order valence-corrected chi connectivity index (χ3v) is 6.74. The Morgan fingerprint density at radius 3 is 2.57 bits per heavy atom. The molecule has 0 aromatic heterocycles.